The number of aryl methyl sites for hydroxylation is 2. The summed E-state index contributed by atoms with van der Waals surface area (Å²) in [7, 11) is 1.69. The van der Waals surface area contributed by atoms with E-state index >= 15 is 0 Å². The van der Waals surface area contributed by atoms with Gasteiger partial charge >= 0.3 is 5.69 Å². The maximum absolute atomic E-state index is 12.4. The van der Waals surface area contributed by atoms with Gasteiger partial charge in [-0.25, -0.2) is 9.48 Å². The SMILES string of the molecule is CCNC(=NCCCn1nc2n(c1=O)CCCC2)Nc1cccc(OCCCOC)c1. The van der Waals surface area contributed by atoms with Crippen LogP contribution in [0.3, 0.4) is 0 Å². The van der Waals surface area contributed by atoms with Crippen molar-refractivity contribution in [3.05, 3.63) is 40.6 Å². The standard InChI is InChI=1S/C22H34N6O3/c1-3-23-21(25-18-9-6-10-19(17-18)31-16-8-15-30-2)24-12-7-14-28-22(29)27-13-5-4-11-20(27)26-28/h6,9-10,17H,3-5,7-8,11-16H2,1-2H3,(H2,23,24,25). The molecule has 2 N–H and O–H groups in total. The number of aliphatic imine (C=N–C) groups is 1. The first kappa shape index (κ1) is 22.9. The molecule has 0 saturated heterocycles. The Hall–Kier alpha value is -2.81. The summed E-state index contributed by atoms with van der Waals surface area (Å²) < 4.78 is 14.2. The minimum Gasteiger partial charge on any atom is -0.493 e. The highest BCUT2D eigenvalue weighted by atomic mass is 16.5. The van der Waals surface area contributed by atoms with Crippen molar-refractivity contribution in [3.8, 4) is 5.75 Å². The van der Waals surface area contributed by atoms with E-state index in [9.17, 15) is 4.79 Å². The monoisotopic (exact) mass is 430 g/mol. The fourth-order valence-corrected chi connectivity index (χ4v) is 3.51. The first-order chi connectivity index (χ1) is 15.2. The van der Waals surface area contributed by atoms with Crippen molar-refractivity contribution in [2.24, 2.45) is 4.99 Å². The molecule has 0 atom stereocenters. The highest BCUT2D eigenvalue weighted by molar-refractivity contribution is 5.93. The van der Waals surface area contributed by atoms with Crippen LogP contribution in [0.25, 0.3) is 0 Å². The third kappa shape index (κ3) is 6.85. The number of benzene rings is 1. The van der Waals surface area contributed by atoms with E-state index in [1.54, 1.807) is 11.8 Å². The van der Waals surface area contributed by atoms with Crippen molar-refractivity contribution in [1.29, 1.82) is 0 Å². The lowest BCUT2D eigenvalue weighted by Gasteiger charge is -2.13. The zero-order valence-electron chi connectivity index (χ0n) is 18.6. The Morgan fingerprint density at radius 2 is 2.16 bits per heavy atom. The van der Waals surface area contributed by atoms with Gasteiger partial charge in [0.25, 0.3) is 0 Å². The zero-order chi connectivity index (χ0) is 21.9. The van der Waals surface area contributed by atoms with Crippen molar-refractivity contribution < 1.29 is 9.47 Å². The molecule has 0 fully saturated rings. The van der Waals surface area contributed by atoms with Gasteiger partial charge in [0.05, 0.1) is 6.61 Å². The number of aromatic nitrogens is 3. The Labute approximate surface area is 183 Å². The Bertz CT molecular complexity index is 905. The summed E-state index contributed by atoms with van der Waals surface area (Å²) in [6, 6.07) is 7.81. The van der Waals surface area contributed by atoms with Gasteiger partial charge in [-0.15, -0.1) is 0 Å². The second-order valence-corrected chi connectivity index (χ2v) is 7.49. The van der Waals surface area contributed by atoms with Crippen LogP contribution in [0.5, 0.6) is 5.75 Å². The van der Waals surface area contributed by atoms with E-state index < -0.39 is 0 Å². The first-order valence-electron chi connectivity index (χ1n) is 11.1. The summed E-state index contributed by atoms with van der Waals surface area (Å²) in [4.78, 5) is 17.1. The number of anilines is 1. The molecule has 0 radical (unpaired) electrons. The molecule has 31 heavy (non-hydrogen) atoms. The van der Waals surface area contributed by atoms with Gasteiger partial charge in [-0.2, -0.15) is 5.10 Å². The number of nitrogens with zero attached hydrogens (tertiary/aromatic N) is 4. The van der Waals surface area contributed by atoms with Crippen molar-refractivity contribution in [3.63, 3.8) is 0 Å². The number of methoxy groups -OCH3 is 1. The average molecular weight is 431 g/mol. The lowest BCUT2D eigenvalue weighted by Crippen LogP contribution is -2.31. The molecular weight excluding hydrogens is 396 g/mol. The molecule has 3 rings (SSSR count). The normalized spacial score (nSPS) is 13.7. The van der Waals surface area contributed by atoms with Gasteiger partial charge < -0.3 is 20.1 Å². The third-order valence-electron chi connectivity index (χ3n) is 5.03. The smallest absolute Gasteiger partial charge is 0.345 e. The third-order valence-corrected chi connectivity index (χ3v) is 5.03. The van der Waals surface area contributed by atoms with Crippen LogP contribution >= 0.6 is 0 Å². The number of hydrogen-bond donors (Lipinski definition) is 2. The molecule has 2 aromatic rings. The molecule has 0 aliphatic carbocycles. The molecule has 2 heterocycles. The molecule has 0 unspecified atom stereocenters. The molecule has 9 heteroatoms. The molecule has 170 valence electrons. The van der Waals surface area contributed by atoms with E-state index in [4.69, 9.17) is 9.47 Å². The first-order valence-corrected chi connectivity index (χ1v) is 11.1. The summed E-state index contributed by atoms with van der Waals surface area (Å²) in [6.07, 6.45) is 4.65. The molecule has 9 nitrogen and oxygen atoms in total. The number of guanidine groups is 1. The predicted octanol–water partition coefficient (Wildman–Crippen LogP) is 2.26. The van der Waals surface area contributed by atoms with E-state index in [-0.39, 0.29) is 5.69 Å². The summed E-state index contributed by atoms with van der Waals surface area (Å²) in [6.45, 7) is 6.04. The van der Waals surface area contributed by atoms with Gasteiger partial charge in [0.15, 0.2) is 5.96 Å². The van der Waals surface area contributed by atoms with Gasteiger partial charge in [-0.3, -0.25) is 9.56 Å². The average Bonchev–Trinajstić information content (AvgIpc) is 3.10. The van der Waals surface area contributed by atoms with E-state index in [0.29, 0.717) is 32.3 Å². The Balaban J connectivity index is 1.52. The fraction of sp³-hybridized carbons (Fsp3) is 0.591. The van der Waals surface area contributed by atoms with Gasteiger partial charge in [0, 0.05) is 64.5 Å². The van der Waals surface area contributed by atoms with Gasteiger partial charge in [0.1, 0.15) is 11.6 Å². The van der Waals surface area contributed by atoms with Crippen LogP contribution < -0.4 is 21.1 Å². The van der Waals surface area contributed by atoms with E-state index in [1.807, 2.05) is 35.8 Å². The van der Waals surface area contributed by atoms with Crippen LogP contribution in [-0.4, -0.2) is 53.7 Å². The van der Waals surface area contributed by atoms with Gasteiger partial charge in [-0.05, 0) is 38.3 Å². The van der Waals surface area contributed by atoms with E-state index in [0.717, 1.165) is 62.5 Å². The van der Waals surface area contributed by atoms with Crippen LogP contribution in [0.1, 0.15) is 38.4 Å². The summed E-state index contributed by atoms with van der Waals surface area (Å²) in [5.74, 6) is 2.43. The molecule has 1 aromatic heterocycles. The quantitative estimate of drug-likeness (QED) is 0.323. The molecule has 0 amide bonds. The highest BCUT2D eigenvalue weighted by Gasteiger charge is 2.16. The van der Waals surface area contributed by atoms with Crippen LogP contribution in [0.2, 0.25) is 0 Å². The van der Waals surface area contributed by atoms with Crippen molar-refractivity contribution >= 4 is 11.6 Å². The van der Waals surface area contributed by atoms with Crippen LogP contribution in [0, 0.1) is 0 Å². The summed E-state index contributed by atoms with van der Waals surface area (Å²) in [5, 5.41) is 11.1. The van der Waals surface area contributed by atoms with E-state index in [1.165, 1.54) is 0 Å². The minimum atomic E-state index is 0.00558. The Morgan fingerprint density at radius 3 is 2.97 bits per heavy atom. The maximum atomic E-state index is 12.4. The second kappa shape index (κ2) is 12.1. The molecule has 1 aliphatic rings. The number of hydrogen-bond acceptors (Lipinski definition) is 5. The van der Waals surface area contributed by atoms with Crippen LogP contribution in [-0.2, 0) is 24.2 Å². The molecule has 0 bridgehead atoms. The number of fused-ring (bicyclic) bond motifs is 1. The second-order valence-electron chi connectivity index (χ2n) is 7.49. The van der Waals surface area contributed by atoms with Crippen molar-refractivity contribution in [2.45, 2.75) is 52.1 Å². The minimum absolute atomic E-state index is 0.00558. The largest absolute Gasteiger partial charge is 0.493 e. The Kier molecular flexibility index (Phi) is 8.96. The number of rotatable bonds is 11. The molecule has 0 saturated carbocycles. The molecule has 0 spiro atoms. The summed E-state index contributed by atoms with van der Waals surface area (Å²) >= 11 is 0. The molecule has 1 aromatic carbocycles. The predicted molar refractivity (Wildman–Crippen MR) is 122 cm³/mol. The van der Waals surface area contributed by atoms with Crippen molar-refractivity contribution in [2.75, 3.05) is 38.7 Å². The number of ether oxygens (including phenoxy) is 2. The summed E-state index contributed by atoms with van der Waals surface area (Å²) in [5.41, 5.74) is 0.910. The van der Waals surface area contributed by atoms with Crippen LogP contribution in [0.4, 0.5) is 5.69 Å². The molecule has 1 aliphatic heterocycles. The van der Waals surface area contributed by atoms with Gasteiger partial charge in [-0.1, -0.05) is 6.07 Å². The lowest BCUT2D eigenvalue weighted by atomic mass is 10.2. The lowest BCUT2D eigenvalue weighted by molar-refractivity contribution is 0.172. The number of nitrogens with one attached hydrogen (secondary N) is 2. The van der Waals surface area contributed by atoms with E-state index in [2.05, 4.69) is 20.7 Å². The van der Waals surface area contributed by atoms with Gasteiger partial charge in [0.2, 0.25) is 0 Å². The fourth-order valence-electron chi connectivity index (χ4n) is 3.51. The topological polar surface area (TPSA) is 94.7 Å². The highest BCUT2D eigenvalue weighted by Crippen LogP contribution is 2.17. The maximum Gasteiger partial charge on any atom is 0.345 e. The molecular formula is C22H34N6O3. The van der Waals surface area contributed by atoms with Crippen molar-refractivity contribution in [1.82, 2.24) is 19.7 Å². The van der Waals surface area contributed by atoms with Crippen LogP contribution in [0.15, 0.2) is 34.1 Å². The zero-order valence-corrected chi connectivity index (χ0v) is 18.6. The Morgan fingerprint density at radius 1 is 1.26 bits per heavy atom.